The third-order valence-electron chi connectivity index (χ3n) is 3.26. The van der Waals surface area contributed by atoms with E-state index in [1.807, 2.05) is 0 Å². The molecule has 0 aliphatic heterocycles. The fourth-order valence-electron chi connectivity index (χ4n) is 2.21. The van der Waals surface area contributed by atoms with Crippen molar-refractivity contribution in [2.75, 3.05) is 0 Å². The Balaban J connectivity index is 1.94. The lowest BCUT2D eigenvalue weighted by molar-refractivity contribution is -0.192. The molecule has 0 N–H and O–H groups in total. The predicted octanol–water partition coefficient (Wildman–Crippen LogP) is 2.84. The number of hydrogen-bond donors (Lipinski definition) is 0. The summed E-state index contributed by atoms with van der Waals surface area (Å²) in [6.07, 6.45) is -2.07. The first-order chi connectivity index (χ1) is 5.00. The summed E-state index contributed by atoms with van der Waals surface area (Å²) in [6, 6.07) is 0. The van der Waals surface area contributed by atoms with Crippen molar-refractivity contribution >= 4 is 0 Å². The van der Waals surface area contributed by atoms with E-state index in [9.17, 15) is 13.2 Å². The highest BCUT2D eigenvalue weighted by Gasteiger charge is 2.59. The van der Waals surface area contributed by atoms with Gasteiger partial charge in [-0.1, -0.05) is 6.92 Å². The van der Waals surface area contributed by atoms with Gasteiger partial charge in [0.1, 0.15) is 0 Å². The van der Waals surface area contributed by atoms with E-state index in [0.717, 1.165) is 12.8 Å². The lowest BCUT2D eigenvalue weighted by atomic mass is 9.76. The van der Waals surface area contributed by atoms with Crippen LogP contribution in [0.15, 0.2) is 0 Å². The molecular weight excluding hydrogens is 153 g/mol. The maximum absolute atomic E-state index is 12.1. The molecule has 2 saturated carbocycles. The molecule has 2 rings (SSSR count). The summed E-state index contributed by atoms with van der Waals surface area (Å²) in [4.78, 5) is 0. The van der Waals surface area contributed by atoms with Crippen LogP contribution in [0, 0.1) is 23.7 Å². The largest absolute Gasteiger partial charge is 0.391 e. The molecular formula is C8H11F3. The monoisotopic (exact) mass is 164 g/mol. The second kappa shape index (κ2) is 1.93. The van der Waals surface area contributed by atoms with Crippen LogP contribution >= 0.6 is 0 Å². The summed E-state index contributed by atoms with van der Waals surface area (Å²) in [7, 11) is 0. The zero-order chi connectivity index (χ0) is 8.22. The van der Waals surface area contributed by atoms with Crippen molar-refractivity contribution in [3.05, 3.63) is 0 Å². The molecule has 0 amide bonds. The molecule has 0 radical (unpaired) electrons. The minimum atomic E-state index is -3.96. The Bertz CT molecular complexity index is 173. The number of alkyl halides is 3. The summed E-state index contributed by atoms with van der Waals surface area (Å²) >= 11 is 0. The molecule has 0 spiro atoms. The van der Waals surface area contributed by atoms with Crippen LogP contribution in [-0.4, -0.2) is 6.18 Å². The maximum atomic E-state index is 12.1. The second-order valence-electron chi connectivity index (χ2n) is 3.89. The van der Waals surface area contributed by atoms with Crippen molar-refractivity contribution in [2.24, 2.45) is 23.7 Å². The van der Waals surface area contributed by atoms with Gasteiger partial charge >= 0.3 is 6.18 Å². The van der Waals surface area contributed by atoms with Gasteiger partial charge in [0.15, 0.2) is 0 Å². The number of rotatable bonds is 1. The second-order valence-corrected chi connectivity index (χ2v) is 3.89. The summed E-state index contributed by atoms with van der Waals surface area (Å²) in [5.74, 6) is 0.00248. The number of halogens is 3. The number of hydrogen-bond acceptors (Lipinski definition) is 0. The van der Waals surface area contributed by atoms with Gasteiger partial charge in [0, 0.05) is 0 Å². The van der Waals surface area contributed by atoms with Gasteiger partial charge in [0.25, 0.3) is 0 Å². The predicted molar refractivity (Wildman–Crippen MR) is 34.9 cm³/mol. The zero-order valence-electron chi connectivity index (χ0n) is 6.36. The SMILES string of the molecule is CC(C1CC2CC21)C(F)(F)F. The highest BCUT2D eigenvalue weighted by Crippen LogP contribution is 2.63. The Labute approximate surface area is 63.8 Å². The minimum Gasteiger partial charge on any atom is -0.171 e. The highest BCUT2D eigenvalue weighted by atomic mass is 19.4. The quantitative estimate of drug-likeness (QED) is 0.559. The molecule has 2 aliphatic rings. The van der Waals surface area contributed by atoms with Gasteiger partial charge in [0.05, 0.1) is 5.92 Å². The van der Waals surface area contributed by atoms with Crippen LogP contribution < -0.4 is 0 Å². The molecule has 0 bridgehead atoms. The average molecular weight is 164 g/mol. The molecule has 0 aromatic rings. The maximum Gasteiger partial charge on any atom is 0.391 e. The fourth-order valence-corrected chi connectivity index (χ4v) is 2.21. The third kappa shape index (κ3) is 1.05. The van der Waals surface area contributed by atoms with Crippen molar-refractivity contribution in [3.8, 4) is 0 Å². The van der Waals surface area contributed by atoms with Crippen molar-refractivity contribution in [1.82, 2.24) is 0 Å². The van der Waals surface area contributed by atoms with E-state index in [4.69, 9.17) is 0 Å². The highest BCUT2D eigenvalue weighted by molar-refractivity contribution is 5.04. The van der Waals surface area contributed by atoms with E-state index in [1.54, 1.807) is 0 Å². The van der Waals surface area contributed by atoms with Crippen molar-refractivity contribution in [2.45, 2.75) is 25.9 Å². The Morgan fingerprint density at radius 2 is 1.91 bits per heavy atom. The Kier molecular flexibility index (Phi) is 1.31. The van der Waals surface area contributed by atoms with Crippen LogP contribution in [0.5, 0.6) is 0 Å². The van der Waals surface area contributed by atoms with Crippen molar-refractivity contribution in [3.63, 3.8) is 0 Å². The summed E-state index contributed by atoms with van der Waals surface area (Å²) in [6.45, 7) is 1.32. The van der Waals surface area contributed by atoms with Crippen LogP contribution in [0.1, 0.15) is 19.8 Å². The van der Waals surface area contributed by atoms with Gasteiger partial charge in [0.2, 0.25) is 0 Å². The molecule has 4 atom stereocenters. The molecule has 11 heavy (non-hydrogen) atoms. The molecule has 0 nitrogen and oxygen atoms in total. The van der Waals surface area contributed by atoms with Crippen LogP contribution in [0.3, 0.4) is 0 Å². The molecule has 0 heterocycles. The van der Waals surface area contributed by atoms with E-state index in [1.165, 1.54) is 6.92 Å². The van der Waals surface area contributed by atoms with Gasteiger partial charge in [-0.2, -0.15) is 13.2 Å². The smallest absolute Gasteiger partial charge is 0.171 e. The zero-order valence-corrected chi connectivity index (χ0v) is 6.36. The molecule has 0 saturated heterocycles. The van der Waals surface area contributed by atoms with E-state index in [0.29, 0.717) is 11.8 Å². The lowest BCUT2D eigenvalue weighted by Gasteiger charge is -2.32. The standard InChI is InChI=1S/C8H11F3/c1-4(8(9,10)11)6-2-5-3-7(5)6/h4-7H,2-3H2,1H3. The van der Waals surface area contributed by atoms with Crippen molar-refractivity contribution in [1.29, 1.82) is 0 Å². The summed E-state index contributed by atoms with van der Waals surface area (Å²) in [5.41, 5.74) is 0. The van der Waals surface area contributed by atoms with Crippen LogP contribution in [0.4, 0.5) is 13.2 Å². The summed E-state index contributed by atoms with van der Waals surface area (Å²) < 4.78 is 36.3. The van der Waals surface area contributed by atoms with E-state index in [2.05, 4.69) is 0 Å². The topological polar surface area (TPSA) is 0 Å². The lowest BCUT2D eigenvalue weighted by Crippen LogP contribution is -2.33. The Hall–Kier alpha value is -0.210. The van der Waals surface area contributed by atoms with Crippen LogP contribution in [-0.2, 0) is 0 Å². The van der Waals surface area contributed by atoms with Crippen molar-refractivity contribution < 1.29 is 13.2 Å². The first-order valence-electron chi connectivity index (χ1n) is 4.07. The molecule has 64 valence electrons. The van der Waals surface area contributed by atoms with Crippen LogP contribution in [0.25, 0.3) is 0 Å². The normalized spacial score (nSPS) is 44.2. The number of fused-ring (bicyclic) bond motifs is 1. The van der Waals surface area contributed by atoms with E-state index >= 15 is 0 Å². The molecule has 0 aromatic heterocycles. The average Bonchev–Trinajstić information content (AvgIpc) is 2.39. The van der Waals surface area contributed by atoms with Gasteiger partial charge in [-0.15, -0.1) is 0 Å². The molecule has 3 heteroatoms. The molecule has 2 fully saturated rings. The third-order valence-corrected chi connectivity index (χ3v) is 3.26. The Morgan fingerprint density at radius 3 is 2.18 bits per heavy atom. The van der Waals surface area contributed by atoms with E-state index in [-0.39, 0.29) is 5.92 Å². The minimum absolute atomic E-state index is 0.0417. The summed E-state index contributed by atoms with van der Waals surface area (Å²) in [5, 5.41) is 0. The fraction of sp³-hybridized carbons (Fsp3) is 1.00. The molecule has 4 unspecified atom stereocenters. The molecule has 2 aliphatic carbocycles. The van der Waals surface area contributed by atoms with Gasteiger partial charge < -0.3 is 0 Å². The molecule has 0 aromatic carbocycles. The first-order valence-corrected chi connectivity index (χ1v) is 4.07. The Morgan fingerprint density at radius 1 is 1.27 bits per heavy atom. The van der Waals surface area contributed by atoms with Gasteiger partial charge in [-0.3, -0.25) is 0 Å². The van der Waals surface area contributed by atoms with E-state index < -0.39 is 12.1 Å². The van der Waals surface area contributed by atoms with Gasteiger partial charge in [-0.25, -0.2) is 0 Å². The van der Waals surface area contributed by atoms with Gasteiger partial charge in [-0.05, 0) is 30.6 Å². The first kappa shape index (κ1) is 7.44. The van der Waals surface area contributed by atoms with Crippen LogP contribution in [0.2, 0.25) is 0 Å².